The zero-order chi connectivity index (χ0) is 26.0. The van der Waals surface area contributed by atoms with E-state index in [2.05, 4.69) is 21.4 Å². The number of nitrogens with one attached hydrogen (secondary N) is 1. The second kappa shape index (κ2) is 9.96. The van der Waals surface area contributed by atoms with E-state index in [1.807, 2.05) is 41.3 Å². The van der Waals surface area contributed by atoms with Crippen molar-refractivity contribution in [3.63, 3.8) is 0 Å². The molecule has 0 saturated heterocycles. The molecule has 0 radical (unpaired) electrons. The van der Waals surface area contributed by atoms with Crippen LogP contribution in [0.5, 0.6) is 17.4 Å². The Morgan fingerprint density at radius 2 is 1.92 bits per heavy atom. The van der Waals surface area contributed by atoms with E-state index in [4.69, 9.17) is 18.9 Å². The lowest BCUT2D eigenvalue weighted by atomic mass is 10.2. The number of aromatic nitrogens is 2. The Kier molecular flexibility index (Phi) is 6.56. The first-order valence-electron chi connectivity index (χ1n) is 12.0. The monoisotopic (exact) mass is 504 g/mol. The molecule has 3 heterocycles. The number of fused-ring (bicyclic) bond motifs is 2. The van der Waals surface area contributed by atoms with Crippen LogP contribution in [0.2, 0.25) is 0 Å². The molecule has 1 amide bonds. The van der Waals surface area contributed by atoms with E-state index >= 15 is 0 Å². The average molecular weight is 505 g/mol. The van der Waals surface area contributed by atoms with Crippen molar-refractivity contribution in [3.05, 3.63) is 65.4 Å². The molecule has 37 heavy (non-hydrogen) atoms. The van der Waals surface area contributed by atoms with Crippen LogP contribution < -0.4 is 24.4 Å². The van der Waals surface area contributed by atoms with E-state index in [9.17, 15) is 9.59 Å². The molecule has 0 bridgehead atoms. The van der Waals surface area contributed by atoms with E-state index in [1.54, 1.807) is 20.8 Å². The molecule has 0 aliphatic carbocycles. The topological polar surface area (TPSA) is 112 Å². The first-order chi connectivity index (χ1) is 17.8. The lowest BCUT2D eigenvalue weighted by Crippen LogP contribution is -2.35. The van der Waals surface area contributed by atoms with Crippen molar-refractivity contribution in [1.82, 2.24) is 15.3 Å². The van der Waals surface area contributed by atoms with Crippen LogP contribution >= 0.6 is 0 Å². The number of esters is 1. The molecule has 2 aliphatic rings. The fourth-order valence-corrected chi connectivity index (χ4v) is 4.11. The third kappa shape index (κ3) is 5.58. The van der Waals surface area contributed by atoms with Gasteiger partial charge in [-0.3, -0.25) is 9.59 Å². The van der Waals surface area contributed by atoms with Gasteiger partial charge in [-0.05, 0) is 56.5 Å². The van der Waals surface area contributed by atoms with Crippen LogP contribution in [0, 0.1) is 0 Å². The van der Waals surface area contributed by atoms with E-state index in [1.165, 1.54) is 11.8 Å². The van der Waals surface area contributed by atoms with Crippen LogP contribution in [-0.2, 0) is 22.6 Å². The molecule has 3 aromatic rings. The molecule has 0 fully saturated rings. The van der Waals surface area contributed by atoms with Crippen molar-refractivity contribution >= 4 is 23.5 Å². The molecule has 0 spiro atoms. The number of anilines is 2. The second-order valence-corrected chi connectivity index (χ2v) is 9.66. The fraction of sp³-hybridized carbons (Fsp3) is 0.333. The highest BCUT2D eigenvalue weighted by Gasteiger charge is 2.25. The third-order valence-corrected chi connectivity index (χ3v) is 5.74. The van der Waals surface area contributed by atoms with Crippen LogP contribution in [0.15, 0.2) is 48.7 Å². The Balaban J connectivity index is 1.38. The van der Waals surface area contributed by atoms with Crippen molar-refractivity contribution in [2.24, 2.45) is 0 Å². The Morgan fingerprint density at radius 1 is 1.11 bits per heavy atom. The SMILES string of the molecule is CC(C)(C)OC(=O)CNC(=O)c1cnc(N2CCc3ccccc32)nc1OCc1ccc2c(c1)OCO2. The van der Waals surface area contributed by atoms with E-state index in [0.717, 1.165) is 17.7 Å². The maximum absolute atomic E-state index is 13.0. The number of para-hydroxylation sites is 1. The summed E-state index contributed by atoms with van der Waals surface area (Å²) in [5, 5.41) is 2.57. The third-order valence-electron chi connectivity index (χ3n) is 5.74. The van der Waals surface area contributed by atoms with Gasteiger partial charge in [-0.1, -0.05) is 24.3 Å². The summed E-state index contributed by atoms with van der Waals surface area (Å²) < 4.78 is 22.1. The highest BCUT2D eigenvalue weighted by molar-refractivity contribution is 5.97. The van der Waals surface area contributed by atoms with Gasteiger partial charge in [-0.15, -0.1) is 0 Å². The Morgan fingerprint density at radius 3 is 2.76 bits per heavy atom. The van der Waals surface area contributed by atoms with Crippen LogP contribution in [0.4, 0.5) is 11.6 Å². The lowest BCUT2D eigenvalue weighted by molar-refractivity contribution is -0.153. The predicted molar refractivity (Wildman–Crippen MR) is 134 cm³/mol. The van der Waals surface area contributed by atoms with E-state index < -0.39 is 17.5 Å². The number of benzene rings is 2. The van der Waals surface area contributed by atoms with Crippen LogP contribution in [0.25, 0.3) is 0 Å². The fourth-order valence-electron chi connectivity index (χ4n) is 4.11. The predicted octanol–water partition coefficient (Wildman–Crippen LogP) is 3.55. The first-order valence-corrected chi connectivity index (χ1v) is 12.0. The largest absolute Gasteiger partial charge is 0.472 e. The van der Waals surface area contributed by atoms with Crippen LogP contribution in [0.1, 0.15) is 42.3 Å². The molecule has 192 valence electrons. The highest BCUT2D eigenvalue weighted by Crippen LogP contribution is 2.35. The summed E-state index contributed by atoms with van der Waals surface area (Å²) in [5.41, 5.74) is 2.49. The molecule has 5 rings (SSSR count). The molecule has 0 unspecified atom stereocenters. The van der Waals surface area contributed by atoms with Crippen molar-refractivity contribution in [2.75, 3.05) is 24.8 Å². The number of nitrogens with zero attached hydrogens (tertiary/aromatic N) is 3. The van der Waals surface area contributed by atoms with Gasteiger partial charge in [0.1, 0.15) is 24.3 Å². The number of carbonyl (C=O) groups excluding carboxylic acids is 2. The normalized spacial score (nSPS) is 13.8. The summed E-state index contributed by atoms with van der Waals surface area (Å²) in [6.07, 6.45) is 2.29. The molecule has 1 aromatic heterocycles. The number of carbonyl (C=O) groups is 2. The molecular weight excluding hydrogens is 476 g/mol. The zero-order valence-corrected chi connectivity index (χ0v) is 20.9. The van der Waals surface area contributed by atoms with E-state index in [0.29, 0.717) is 24.0 Å². The molecule has 2 aromatic carbocycles. The number of hydrogen-bond donors (Lipinski definition) is 1. The van der Waals surface area contributed by atoms with Crippen molar-refractivity contribution in [2.45, 2.75) is 39.4 Å². The van der Waals surface area contributed by atoms with Gasteiger partial charge in [0.15, 0.2) is 11.5 Å². The van der Waals surface area contributed by atoms with Gasteiger partial charge in [0.25, 0.3) is 5.91 Å². The minimum Gasteiger partial charge on any atom is -0.472 e. The maximum Gasteiger partial charge on any atom is 0.325 e. The summed E-state index contributed by atoms with van der Waals surface area (Å²) in [5.74, 6) is 0.745. The quantitative estimate of drug-likeness (QED) is 0.483. The number of amides is 1. The Hall–Kier alpha value is -4.34. The van der Waals surface area contributed by atoms with Crippen molar-refractivity contribution < 1.29 is 28.5 Å². The van der Waals surface area contributed by atoms with Crippen LogP contribution in [0.3, 0.4) is 0 Å². The molecule has 2 aliphatic heterocycles. The summed E-state index contributed by atoms with van der Waals surface area (Å²) >= 11 is 0. The van der Waals surface area contributed by atoms with Crippen LogP contribution in [-0.4, -0.2) is 47.3 Å². The summed E-state index contributed by atoms with van der Waals surface area (Å²) in [4.78, 5) is 36.2. The number of hydrogen-bond acceptors (Lipinski definition) is 9. The van der Waals surface area contributed by atoms with Gasteiger partial charge < -0.3 is 29.2 Å². The van der Waals surface area contributed by atoms with Gasteiger partial charge in [-0.2, -0.15) is 4.98 Å². The Bertz CT molecular complexity index is 1340. The minimum absolute atomic E-state index is 0.105. The smallest absolute Gasteiger partial charge is 0.325 e. The minimum atomic E-state index is -0.655. The summed E-state index contributed by atoms with van der Waals surface area (Å²) in [6.45, 7) is 6.02. The molecule has 10 heteroatoms. The average Bonchev–Trinajstić information content (AvgIpc) is 3.51. The zero-order valence-electron chi connectivity index (χ0n) is 20.9. The van der Waals surface area contributed by atoms with Gasteiger partial charge in [0.2, 0.25) is 18.6 Å². The van der Waals surface area contributed by atoms with Gasteiger partial charge in [-0.25, -0.2) is 4.98 Å². The first kappa shape index (κ1) is 24.4. The molecule has 1 N–H and O–H groups in total. The molecule has 10 nitrogen and oxygen atoms in total. The summed E-state index contributed by atoms with van der Waals surface area (Å²) in [6, 6.07) is 13.5. The molecular formula is C27H28N4O6. The lowest BCUT2D eigenvalue weighted by Gasteiger charge is -2.20. The number of ether oxygens (including phenoxy) is 4. The molecule has 0 atom stereocenters. The standard InChI is InChI=1S/C27H28N4O6/c1-27(2,3)37-23(32)14-28-24(33)19-13-29-26(31-11-10-18-6-4-5-7-20(18)31)30-25(19)34-15-17-8-9-21-22(12-17)36-16-35-21/h4-9,12-13H,10-11,14-16H2,1-3H3,(H,28,33). The Labute approximate surface area is 214 Å². The summed E-state index contributed by atoms with van der Waals surface area (Å²) in [7, 11) is 0. The van der Waals surface area contributed by atoms with Crippen molar-refractivity contribution in [3.8, 4) is 17.4 Å². The highest BCUT2D eigenvalue weighted by atomic mass is 16.7. The van der Waals surface area contributed by atoms with Crippen molar-refractivity contribution in [1.29, 1.82) is 0 Å². The second-order valence-electron chi connectivity index (χ2n) is 9.66. The van der Waals surface area contributed by atoms with Gasteiger partial charge in [0.05, 0.1) is 0 Å². The van der Waals surface area contributed by atoms with Gasteiger partial charge >= 0.3 is 5.97 Å². The molecule has 0 saturated carbocycles. The maximum atomic E-state index is 13.0. The van der Waals surface area contributed by atoms with Gasteiger partial charge in [0, 0.05) is 18.4 Å². The van der Waals surface area contributed by atoms with E-state index in [-0.39, 0.29) is 31.4 Å². The number of rotatable bonds is 7.